The zero-order valence-corrected chi connectivity index (χ0v) is 15.7. The summed E-state index contributed by atoms with van der Waals surface area (Å²) in [6.45, 7) is 2.21. The summed E-state index contributed by atoms with van der Waals surface area (Å²) < 4.78 is 1.53. The minimum Gasteiger partial charge on any atom is -0.346 e. The number of nitrogens with one attached hydrogen (secondary N) is 2. The number of pyridine rings is 1. The Labute approximate surface area is 165 Å². The van der Waals surface area contributed by atoms with Crippen LogP contribution in [0.25, 0.3) is 17.1 Å². The van der Waals surface area contributed by atoms with E-state index in [1.54, 1.807) is 36.7 Å². The van der Waals surface area contributed by atoms with E-state index in [4.69, 9.17) is 11.6 Å². The predicted octanol–water partition coefficient (Wildman–Crippen LogP) is 2.94. The van der Waals surface area contributed by atoms with Crippen LogP contribution in [0.15, 0.2) is 54.9 Å². The summed E-state index contributed by atoms with van der Waals surface area (Å²) in [6, 6.07) is 12.7. The van der Waals surface area contributed by atoms with Gasteiger partial charge in [0.25, 0.3) is 5.91 Å². The molecule has 3 heterocycles. The first-order valence-electron chi connectivity index (χ1n) is 8.54. The molecule has 0 unspecified atom stereocenters. The molecule has 3 aromatic heterocycles. The lowest BCUT2D eigenvalue weighted by atomic mass is 10.2. The number of para-hydroxylation sites is 1. The van der Waals surface area contributed by atoms with Gasteiger partial charge in [-0.3, -0.25) is 14.9 Å². The maximum Gasteiger partial charge on any atom is 0.274 e. The van der Waals surface area contributed by atoms with Gasteiger partial charge in [-0.15, -0.1) is 5.10 Å². The van der Waals surface area contributed by atoms with Crippen molar-refractivity contribution in [2.75, 3.05) is 0 Å². The molecular weight excluding hydrogens is 378 g/mol. The molecule has 1 aromatic carbocycles. The Kier molecular flexibility index (Phi) is 4.86. The van der Waals surface area contributed by atoms with E-state index in [-0.39, 0.29) is 11.6 Å². The van der Waals surface area contributed by atoms with Gasteiger partial charge in [0.05, 0.1) is 22.6 Å². The van der Waals surface area contributed by atoms with Crippen molar-refractivity contribution >= 4 is 17.5 Å². The number of halogens is 1. The molecule has 0 aliphatic carbocycles. The van der Waals surface area contributed by atoms with Crippen molar-refractivity contribution < 1.29 is 4.79 Å². The minimum absolute atomic E-state index is 0.166. The number of hydrogen-bond donors (Lipinski definition) is 2. The maximum atomic E-state index is 12.9. The lowest BCUT2D eigenvalue weighted by Crippen LogP contribution is -2.24. The fourth-order valence-electron chi connectivity index (χ4n) is 2.77. The molecule has 1 amide bonds. The van der Waals surface area contributed by atoms with Crippen molar-refractivity contribution in [3.63, 3.8) is 0 Å². The normalized spacial score (nSPS) is 10.8. The van der Waals surface area contributed by atoms with Crippen molar-refractivity contribution in [1.29, 1.82) is 0 Å². The van der Waals surface area contributed by atoms with Gasteiger partial charge in [-0.1, -0.05) is 35.0 Å². The standard InChI is InChI=1S/C19H16ClN7O/c1-12-13(11-23-24-12)10-22-19(28)17-18(15-7-4-5-9-21-15)27(26-25-17)16-8-3-2-6-14(16)20/h2-9,11H,10H2,1H3,(H,22,28)(H,23,24). The van der Waals surface area contributed by atoms with Crippen LogP contribution in [0.5, 0.6) is 0 Å². The number of benzene rings is 1. The van der Waals surface area contributed by atoms with Crippen LogP contribution in [-0.2, 0) is 6.54 Å². The van der Waals surface area contributed by atoms with E-state index in [0.29, 0.717) is 28.6 Å². The van der Waals surface area contributed by atoms with Gasteiger partial charge in [0.15, 0.2) is 5.69 Å². The molecule has 0 saturated carbocycles. The van der Waals surface area contributed by atoms with Gasteiger partial charge in [-0.2, -0.15) is 5.10 Å². The van der Waals surface area contributed by atoms with Crippen molar-refractivity contribution in [1.82, 2.24) is 35.5 Å². The number of rotatable bonds is 5. The van der Waals surface area contributed by atoms with Crippen molar-refractivity contribution in [3.05, 3.63) is 76.8 Å². The van der Waals surface area contributed by atoms with Gasteiger partial charge in [0, 0.05) is 24.0 Å². The number of aromatic nitrogens is 6. The van der Waals surface area contributed by atoms with E-state index in [9.17, 15) is 4.79 Å². The molecule has 28 heavy (non-hydrogen) atoms. The van der Waals surface area contributed by atoms with Crippen LogP contribution in [0.1, 0.15) is 21.7 Å². The Bertz CT molecular complexity index is 1120. The molecule has 0 atom stereocenters. The number of nitrogens with zero attached hydrogens (tertiary/aromatic N) is 5. The van der Waals surface area contributed by atoms with E-state index in [2.05, 4.69) is 30.8 Å². The van der Waals surface area contributed by atoms with Gasteiger partial charge >= 0.3 is 0 Å². The summed E-state index contributed by atoms with van der Waals surface area (Å²) >= 11 is 6.33. The third-order valence-corrected chi connectivity index (χ3v) is 4.57. The van der Waals surface area contributed by atoms with Crippen LogP contribution in [-0.4, -0.2) is 36.1 Å². The van der Waals surface area contributed by atoms with Gasteiger partial charge in [-0.25, -0.2) is 4.68 Å². The van der Waals surface area contributed by atoms with Gasteiger partial charge in [-0.05, 0) is 31.2 Å². The third-order valence-electron chi connectivity index (χ3n) is 4.25. The number of hydrogen-bond acceptors (Lipinski definition) is 5. The molecule has 0 radical (unpaired) electrons. The first-order valence-corrected chi connectivity index (χ1v) is 8.92. The van der Waals surface area contributed by atoms with E-state index in [1.807, 2.05) is 25.1 Å². The summed E-state index contributed by atoms with van der Waals surface area (Å²) in [5.41, 5.74) is 3.60. The number of H-pyrrole nitrogens is 1. The second-order valence-corrected chi connectivity index (χ2v) is 6.47. The molecule has 4 aromatic rings. The minimum atomic E-state index is -0.362. The summed E-state index contributed by atoms with van der Waals surface area (Å²) in [5.74, 6) is -0.362. The average molecular weight is 394 g/mol. The molecule has 4 rings (SSSR count). The van der Waals surface area contributed by atoms with Crippen molar-refractivity contribution in [2.45, 2.75) is 13.5 Å². The largest absolute Gasteiger partial charge is 0.346 e. The van der Waals surface area contributed by atoms with Crippen LogP contribution >= 0.6 is 11.6 Å². The van der Waals surface area contributed by atoms with E-state index < -0.39 is 0 Å². The Hall–Kier alpha value is -3.52. The van der Waals surface area contributed by atoms with Crippen LogP contribution < -0.4 is 5.32 Å². The molecule has 140 valence electrons. The average Bonchev–Trinajstić information content (AvgIpc) is 3.33. The highest BCUT2D eigenvalue weighted by molar-refractivity contribution is 6.32. The zero-order valence-electron chi connectivity index (χ0n) is 14.9. The van der Waals surface area contributed by atoms with Crippen molar-refractivity contribution in [2.24, 2.45) is 0 Å². The van der Waals surface area contributed by atoms with Gasteiger partial charge < -0.3 is 5.32 Å². The smallest absolute Gasteiger partial charge is 0.274 e. The molecule has 0 fully saturated rings. The van der Waals surface area contributed by atoms with Crippen molar-refractivity contribution in [3.8, 4) is 17.1 Å². The van der Waals surface area contributed by atoms with Gasteiger partial charge in [0.1, 0.15) is 5.69 Å². The molecule has 0 spiro atoms. The molecule has 0 aliphatic heterocycles. The van der Waals surface area contributed by atoms with E-state index in [0.717, 1.165) is 11.3 Å². The highest BCUT2D eigenvalue weighted by Crippen LogP contribution is 2.27. The fraction of sp³-hybridized carbons (Fsp3) is 0.105. The Morgan fingerprint density at radius 1 is 1.21 bits per heavy atom. The topological polar surface area (TPSA) is 101 Å². The second kappa shape index (κ2) is 7.61. The van der Waals surface area contributed by atoms with E-state index >= 15 is 0 Å². The summed E-state index contributed by atoms with van der Waals surface area (Å²) in [7, 11) is 0. The molecule has 0 aliphatic rings. The lowest BCUT2D eigenvalue weighted by molar-refractivity contribution is 0.0946. The Balaban J connectivity index is 1.74. The number of aryl methyl sites for hydroxylation is 1. The number of aromatic amines is 1. The summed E-state index contributed by atoms with van der Waals surface area (Å²) in [5, 5.41) is 18.4. The molecule has 8 nitrogen and oxygen atoms in total. The van der Waals surface area contributed by atoms with Gasteiger partial charge in [0.2, 0.25) is 0 Å². The van der Waals surface area contributed by atoms with Crippen LogP contribution in [0.4, 0.5) is 0 Å². The predicted molar refractivity (Wildman–Crippen MR) is 104 cm³/mol. The Morgan fingerprint density at radius 3 is 2.75 bits per heavy atom. The highest BCUT2D eigenvalue weighted by Gasteiger charge is 2.24. The first-order chi connectivity index (χ1) is 13.6. The highest BCUT2D eigenvalue weighted by atomic mass is 35.5. The first kappa shape index (κ1) is 17.9. The molecule has 9 heteroatoms. The Morgan fingerprint density at radius 2 is 2.04 bits per heavy atom. The molecule has 2 N–H and O–H groups in total. The fourth-order valence-corrected chi connectivity index (χ4v) is 2.99. The SMILES string of the molecule is Cc1[nH]ncc1CNC(=O)c1nnn(-c2ccccc2Cl)c1-c1ccccn1. The zero-order chi connectivity index (χ0) is 19.5. The number of amides is 1. The quantitative estimate of drug-likeness (QED) is 0.542. The third kappa shape index (κ3) is 3.37. The second-order valence-electron chi connectivity index (χ2n) is 6.07. The monoisotopic (exact) mass is 393 g/mol. The summed E-state index contributed by atoms with van der Waals surface area (Å²) in [6.07, 6.45) is 3.33. The maximum absolute atomic E-state index is 12.9. The summed E-state index contributed by atoms with van der Waals surface area (Å²) in [4.78, 5) is 17.2. The van der Waals surface area contributed by atoms with Crippen LogP contribution in [0.3, 0.4) is 0 Å². The van der Waals surface area contributed by atoms with E-state index in [1.165, 1.54) is 4.68 Å². The molecular formula is C19H16ClN7O. The molecule has 0 saturated heterocycles. The lowest BCUT2D eigenvalue weighted by Gasteiger charge is -2.09. The number of carbonyl (C=O) groups excluding carboxylic acids is 1. The van der Waals surface area contributed by atoms with Crippen LogP contribution in [0, 0.1) is 6.92 Å². The van der Waals surface area contributed by atoms with Crippen LogP contribution in [0.2, 0.25) is 5.02 Å². The number of carbonyl (C=O) groups is 1. The molecule has 0 bridgehead atoms.